The van der Waals surface area contributed by atoms with Crippen molar-refractivity contribution in [1.29, 1.82) is 0 Å². The molecule has 2 aromatic carbocycles. The lowest BCUT2D eigenvalue weighted by molar-refractivity contribution is 0.402. The van der Waals surface area contributed by atoms with Gasteiger partial charge in [0.25, 0.3) is 0 Å². The van der Waals surface area contributed by atoms with E-state index in [1.165, 1.54) is 24.8 Å². The standard InChI is InChI=1S/C17H20ClNO3S/c1-11-5-6-14(9-12(11)2)13(3)19-23(20,21)17-10-15(18)7-8-16(17)22-4/h5-10,13,19H,1-4H3/t13-/m1/s1. The van der Waals surface area contributed by atoms with Gasteiger partial charge in [0, 0.05) is 11.1 Å². The molecule has 1 atom stereocenters. The summed E-state index contributed by atoms with van der Waals surface area (Å²) in [6, 6.07) is 10.0. The molecule has 1 N–H and O–H groups in total. The maximum atomic E-state index is 12.6. The zero-order chi connectivity index (χ0) is 17.2. The fraction of sp³-hybridized carbons (Fsp3) is 0.294. The first kappa shape index (κ1) is 17.8. The van der Waals surface area contributed by atoms with E-state index >= 15 is 0 Å². The van der Waals surface area contributed by atoms with E-state index in [-0.39, 0.29) is 16.7 Å². The smallest absolute Gasteiger partial charge is 0.244 e. The van der Waals surface area contributed by atoms with Gasteiger partial charge in [-0.05, 0) is 55.7 Å². The molecule has 0 radical (unpaired) electrons. The summed E-state index contributed by atoms with van der Waals surface area (Å²) >= 11 is 5.92. The topological polar surface area (TPSA) is 55.4 Å². The second kappa shape index (κ2) is 6.91. The van der Waals surface area contributed by atoms with Crippen LogP contribution in [0.15, 0.2) is 41.3 Å². The Morgan fingerprint density at radius 3 is 2.39 bits per heavy atom. The van der Waals surface area contributed by atoms with E-state index in [1.807, 2.05) is 32.0 Å². The van der Waals surface area contributed by atoms with E-state index in [4.69, 9.17) is 16.3 Å². The highest BCUT2D eigenvalue weighted by atomic mass is 35.5. The van der Waals surface area contributed by atoms with Crippen LogP contribution >= 0.6 is 11.6 Å². The highest BCUT2D eigenvalue weighted by molar-refractivity contribution is 7.89. The van der Waals surface area contributed by atoms with Gasteiger partial charge in [-0.25, -0.2) is 13.1 Å². The van der Waals surface area contributed by atoms with E-state index in [0.29, 0.717) is 5.02 Å². The lowest BCUT2D eigenvalue weighted by Crippen LogP contribution is -2.27. The molecule has 0 spiro atoms. The maximum Gasteiger partial charge on any atom is 0.244 e. The Kier molecular flexibility index (Phi) is 5.34. The Hall–Kier alpha value is -1.56. The van der Waals surface area contributed by atoms with Crippen molar-refractivity contribution in [3.05, 3.63) is 58.1 Å². The van der Waals surface area contributed by atoms with E-state index in [0.717, 1.165) is 11.1 Å². The molecule has 124 valence electrons. The van der Waals surface area contributed by atoms with E-state index in [2.05, 4.69) is 4.72 Å². The van der Waals surface area contributed by atoms with Crippen LogP contribution < -0.4 is 9.46 Å². The summed E-state index contributed by atoms with van der Waals surface area (Å²) < 4.78 is 33.1. The molecule has 0 heterocycles. The number of hydrogen-bond acceptors (Lipinski definition) is 3. The second-order valence-electron chi connectivity index (χ2n) is 5.48. The van der Waals surface area contributed by atoms with Gasteiger partial charge < -0.3 is 4.74 Å². The highest BCUT2D eigenvalue weighted by Crippen LogP contribution is 2.28. The average Bonchev–Trinajstić information content (AvgIpc) is 2.49. The van der Waals surface area contributed by atoms with Crippen LogP contribution in [0, 0.1) is 13.8 Å². The molecule has 0 aromatic heterocycles. The van der Waals surface area contributed by atoms with Crippen molar-refractivity contribution in [2.75, 3.05) is 7.11 Å². The molecule has 23 heavy (non-hydrogen) atoms. The maximum absolute atomic E-state index is 12.6. The molecular weight excluding hydrogens is 334 g/mol. The summed E-state index contributed by atoms with van der Waals surface area (Å²) in [7, 11) is -2.33. The van der Waals surface area contributed by atoms with Gasteiger partial charge in [0.05, 0.1) is 7.11 Å². The molecule has 0 fully saturated rings. The first-order valence-corrected chi connectivity index (χ1v) is 9.03. The lowest BCUT2D eigenvalue weighted by Gasteiger charge is -2.17. The minimum Gasteiger partial charge on any atom is -0.495 e. The summed E-state index contributed by atoms with van der Waals surface area (Å²) in [6.45, 7) is 5.82. The molecule has 0 aliphatic rings. The molecule has 0 saturated carbocycles. The van der Waals surface area contributed by atoms with Crippen LogP contribution in [-0.2, 0) is 10.0 Å². The molecule has 4 nitrogen and oxygen atoms in total. The first-order valence-electron chi connectivity index (χ1n) is 7.17. The molecule has 0 bridgehead atoms. The largest absolute Gasteiger partial charge is 0.495 e. The zero-order valence-electron chi connectivity index (χ0n) is 13.6. The summed E-state index contributed by atoms with van der Waals surface area (Å²) in [5.74, 6) is 0.259. The van der Waals surface area contributed by atoms with Crippen molar-refractivity contribution < 1.29 is 13.2 Å². The van der Waals surface area contributed by atoms with E-state index in [1.54, 1.807) is 13.0 Å². The summed E-state index contributed by atoms with van der Waals surface area (Å²) in [6.07, 6.45) is 0. The molecule has 0 saturated heterocycles. The van der Waals surface area contributed by atoms with Crippen LogP contribution in [0.2, 0.25) is 5.02 Å². The van der Waals surface area contributed by atoms with Crippen LogP contribution in [-0.4, -0.2) is 15.5 Å². The number of benzene rings is 2. The third-order valence-electron chi connectivity index (χ3n) is 3.78. The van der Waals surface area contributed by atoms with Crippen molar-refractivity contribution in [1.82, 2.24) is 4.72 Å². The van der Waals surface area contributed by atoms with Crippen molar-refractivity contribution >= 4 is 21.6 Å². The fourth-order valence-corrected chi connectivity index (χ4v) is 3.92. The summed E-state index contributed by atoms with van der Waals surface area (Å²) in [4.78, 5) is 0.0307. The number of sulfonamides is 1. The van der Waals surface area contributed by atoms with Crippen LogP contribution in [0.1, 0.15) is 29.7 Å². The van der Waals surface area contributed by atoms with Crippen molar-refractivity contribution in [3.8, 4) is 5.75 Å². The number of hydrogen-bond donors (Lipinski definition) is 1. The number of ether oxygens (including phenoxy) is 1. The number of rotatable bonds is 5. The zero-order valence-corrected chi connectivity index (χ0v) is 15.1. The van der Waals surface area contributed by atoms with Crippen LogP contribution in [0.25, 0.3) is 0 Å². The molecule has 0 amide bonds. The molecule has 0 unspecified atom stereocenters. The normalized spacial score (nSPS) is 12.9. The third kappa shape index (κ3) is 4.05. The average molecular weight is 354 g/mol. The molecule has 0 aliphatic heterocycles. The minimum absolute atomic E-state index is 0.0307. The van der Waals surface area contributed by atoms with Crippen LogP contribution in [0.5, 0.6) is 5.75 Å². The van der Waals surface area contributed by atoms with E-state index < -0.39 is 10.0 Å². The van der Waals surface area contributed by atoms with Crippen LogP contribution in [0.4, 0.5) is 0 Å². The molecule has 2 rings (SSSR count). The summed E-state index contributed by atoms with van der Waals surface area (Å²) in [5.41, 5.74) is 3.19. The molecule has 6 heteroatoms. The van der Waals surface area contributed by atoms with Crippen molar-refractivity contribution in [2.24, 2.45) is 0 Å². The number of methoxy groups -OCH3 is 1. The van der Waals surface area contributed by atoms with Gasteiger partial charge in [0.1, 0.15) is 10.6 Å². The molecule has 2 aromatic rings. The SMILES string of the molecule is COc1ccc(Cl)cc1S(=O)(=O)N[C@H](C)c1ccc(C)c(C)c1. The predicted molar refractivity (Wildman–Crippen MR) is 92.7 cm³/mol. The minimum atomic E-state index is -3.76. The van der Waals surface area contributed by atoms with Gasteiger partial charge in [-0.2, -0.15) is 0 Å². The van der Waals surface area contributed by atoms with Gasteiger partial charge in [-0.15, -0.1) is 0 Å². The number of halogens is 1. The third-order valence-corrected chi connectivity index (χ3v) is 5.58. The quantitative estimate of drug-likeness (QED) is 0.883. The lowest BCUT2D eigenvalue weighted by atomic mass is 10.0. The number of nitrogens with one attached hydrogen (secondary N) is 1. The van der Waals surface area contributed by atoms with Crippen molar-refractivity contribution in [3.63, 3.8) is 0 Å². The number of aryl methyl sites for hydroxylation is 2. The van der Waals surface area contributed by atoms with Gasteiger partial charge >= 0.3 is 0 Å². The van der Waals surface area contributed by atoms with Crippen LogP contribution in [0.3, 0.4) is 0 Å². The Morgan fingerprint density at radius 2 is 1.78 bits per heavy atom. The second-order valence-corrected chi connectivity index (χ2v) is 7.60. The van der Waals surface area contributed by atoms with Crippen molar-refractivity contribution in [2.45, 2.75) is 31.7 Å². The first-order chi connectivity index (χ1) is 10.7. The van der Waals surface area contributed by atoms with E-state index in [9.17, 15) is 8.42 Å². The monoisotopic (exact) mass is 353 g/mol. The van der Waals surface area contributed by atoms with Gasteiger partial charge in [-0.1, -0.05) is 29.8 Å². The Labute approximate surface area is 142 Å². The van der Waals surface area contributed by atoms with Gasteiger partial charge in [-0.3, -0.25) is 0 Å². The van der Waals surface area contributed by atoms with Gasteiger partial charge in [0.15, 0.2) is 0 Å². The molecular formula is C17H20ClNO3S. The Balaban J connectivity index is 2.34. The Bertz CT molecular complexity index is 819. The Morgan fingerprint density at radius 1 is 1.09 bits per heavy atom. The fourth-order valence-electron chi connectivity index (χ4n) is 2.26. The highest BCUT2D eigenvalue weighted by Gasteiger charge is 2.23. The summed E-state index contributed by atoms with van der Waals surface area (Å²) in [5, 5.41) is 0.338. The predicted octanol–water partition coefficient (Wildman–Crippen LogP) is 4.00. The molecule has 0 aliphatic carbocycles. The van der Waals surface area contributed by atoms with Gasteiger partial charge in [0.2, 0.25) is 10.0 Å².